The number of carbonyl (C=O) groups excluding carboxylic acids is 2. The third-order valence-electron chi connectivity index (χ3n) is 9.60. The summed E-state index contributed by atoms with van der Waals surface area (Å²) in [5.74, 6) is -2.09. The van der Waals surface area contributed by atoms with Crippen LogP contribution in [-0.4, -0.2) is 88.9 Å². The zero-order valence-electron chi connectivity index (χ0n) is 23.3. The molecular formula is C29H42O11. The molecule has 2 saturated carbocycles. The first kappa shape index (κ1) is 30.6. The van der Waals surface area contributed by atoms with Gasteiger partial charge in [0.25, 0.3) is 0 Å². The number of cyclic esters (lactones) is 1. The number of fused-ring (bicyclic) bond motifs is 1. The van der Waals surface area contributed by atoms with Crippen LogP contribution in [-0.2, 0) is 33.3 Å². The van der Waals surface area contributed by atoms with E-state index in [0.29, 0.717) is 13.0 Å². The zero-order valence-corrected chi connectivity index (χ0v) is 23.3. The second-order valence-corrected chi connectivity index (χ2v) is 12.3. The molecule has 9 atom stereocenters. The van der Waals surface area contributed by atoms with Gasteiger partial charge in [-0.2, -0.15) is 0 Å². The Labute approximate surface area is 234 Å². The molecular weight excluding hydrogens is 524 g/mol. The van der Waals surface area contributed by atoms with Crippen LogP contribution in [0, 0.1) is 22.7 Å². The first-order valence-electron chi connectivity index (χ1n) is 14.1. The fourth-order valence-corrected chi connectivity index (χ4v) is 7.50. The quantitative estimate of drug-likeness (QED) is 0.173. The summed E-state index contributed by atoms with van der Waals surface area (Å²) in [6.45, 7) is 8.95. The SMILES string of the molecule is C=C1CC[C@@H]2[C@](C)(CO[C@H]3O[C@@H](COC(=O)CC(=O)O)[C@@H](O)[C@@H](O)[C@H]3O)CCC[C@]2(C)[C@H]1CCC1=CCOC1=O. The van der Waals surface area contributed by atoms with E-state index in [1.165, 1.54) is 5.57 Å². The lowest BCUT2D eigenvalue weighted by molar-refractivity contribution is -0.310. The Balaban J connectivity index is 1.42. The molecule has 0 bridgehead atoms. The van der Waals surface area contributed by atoms with E-state index in [2.05, 4.69) is 20.4 Å². The lowest BCUT2D eigenvalue weighted by atomic mass is 9.47. The van der Waals surface area contributed by atoms with Crippen molar-refractivity contribution in [1.82, 2.24) is 0 Å². The first-order valence-corrected chi connectivity index (χ1v) is 14.1. The number of carbonyl (C=O) groups is 3. The van der Waals surface area contributed by atoms with Gasteiger partial charge in [-0.05, 0) is 67.3 Å². The maximum atomic E-state index is 12.0. The highest BCUT2D eigenvalue weighted by Crippen LogP contribution is 2.62. The lowest BCUT2D eigenvalue weighted by Crippen LogP contribution is -2.60. The van der Waals surface area contributed by atoms with Crippen LogP contribution >= 0.6 is 0 Å². The standard InChI is InChI=1S/C29H42O11/c1-16-5-8-20-28(2,10-4-11-29(20,3)18(16)7-6-17-9-12-37-26(17)36)15-39-27-25(35)24(34)23(33)19(40-27)14-38-22(32)13-21(30)31/h9,18-20,23-25,27,33-35H,1,4-8,10-15H2,2-3H3,(H,30,31)/t18-,19-,20+,23+,24+,25+,27-,28-,29+/m0/s1. The van der Waals surface area contributed by atoms with Crippen LogP contribution in [0.4, 0.5) is 0 Å². The molecule has 0 unspecified atom stereocenters. The topological polar surface area (TPSA) is 169 Å². The second-order valence-electron chi connectivity index (χ2n) is 12.3. The van der Waals surface area contributed by atoms with Crippen molar-refractivity contribution in [3.05, 3.63) is 23.8 Å². The molecule has 1 saturated heterocycles. The Hall–Kier alpha value is -2.31. The van der Waals surface area contributed by atoms with Gasteiger partial charge in [0.05, 0.1) is 6.61 Å². The van der Waals surface area contributed by atoms with E-state index in [0.717, 1.165) is 44.1 Å². The van der Waals surface area contributed by atoms with Crippen LogP contribution in [0.5, 0.6) is 0 Å². The largest absolute Gasteiger partial charge is 0.481 e. The van der Waals surface area contributed by atoms with Crippen LogP contribution < -0.4 is 0 Å². The molecule has 224 valence electrons. The number of allylic oxidation sites excluding steroid dienone is 1. The Morgan fingerprint density at radius 1 is 1.15 bits per heavy atom. The van der Waals surface area contributed by atoms with Crippen molar-refractivity contribution in [2.24, 2.45) is 22.7 Å². The van der Waals surface area contributed by atoms with Gasteiger partial charge in [-0.25, -0.2) is 4.79 Å². The molecule has 0 aromatic rings. The van der Waals surface area contributed by atoms with Crippen LogP contribution in [0.1, 0.15) is 65.2 Å². The molecule has 2 aliphatic carbocycles. The minimum absolute atomic E-state index is 0.0581. The minimum Gasteiger partial charge on any atom is -0.481 e. The van der Waals surface area contributed by atoms with Crippen molar-refractivity contribution in [2.45, 2.75) is 95.9 Å². The smallest absolute Gasteiger partial charge is 0.334 e. The number of aliphatic hydroxyl groups is 3. The summed E-state index contributed by atoms with van der Waals surface area (Å²) in [6.07, 6.45) is 0.0154. The van der Waals surface area contributed by atoms with Gasteiger partial charge in [0.15, 0.2) is 6.29 Å². The summed E-state index contributed by atoms with van der Waals surface area (Å²) in [7, 11) is 0. The van der Waals surface area contributed by atoms with Crippen LogP contribution in [0.25, 0.3) is 0 Å². The Morgan fingerprint density at radius 3 is 2.58 bits per heavy atom. The summed E-state index contributed by atoms with van der Waals surface area (Å²) in [6, 6.07) is 0. The van der Waals surface area contributed by atoms with Gasteiger partial charge >= 0.3 is 17.9 Å². The molecule has 11 heteroatoms. The predicted octanol–water partition coefficient (Wildman–Crippen LogP) is 1.87. The fourth-order valence-electron chi connectivity index (χ4n) is 7.50. The van der Waals surface area contributed by atoms with Crippen molar-refractivity contribution in [1.29, 1.82) is 0 Å². The molecule has 0 aromatic heterocycles. The second kappa shape index (κ2) is 12.3. The predicted molar refractivity (Wildman–Crippen MR) is 140 cm³/mol. The lowest BCUT2D eigenvalue weighted by Gasteiger charge is -2.59. The molecule has 0 spiro atoms. The monoisotopic (exact) mass is 566 g/mol. The highest BCUT2D eigenvalue weighted by Gasteiger charge is 2.55. The van der Waals surface area contributed by atoms with Crippen molar-refractivity contribution in [2.75, 3.05) is 19.8 Å². The molecule has 0 aromatic carbocycles. The van der Waals surface area contributed by atoms with Gasteiger partial charge in [0.1, 0.15) is 44.1 Å². The number of ether oxygens (including phenoxy) is 4. The molecule has 0 radical (unpaired) electrons. The average Bonchev–Trinajstić information content (AvgIpc) is 3.29. The summed E-state index contributed by atoms with van der Waals surface area (Å²) >= 11 is 0. The number of aliphatic carboxylic acids is 1. The Morgan fingerprint density at radius 2 is 1.90 bits per heavy atom. The van der Waals surface area contributed by atoms with E-state index in [1.54, 1.807) is 0 Å². The van der Waals surface area contributed by atoms with Crippen LogP contribution in [0.2, 0.25) is 0 Å². The van der Waals surface area contributed by atoms with E-state index in [4.69, 9.17) is 24.1 Å². The molecule has 4 aliphatic rings. The highest BCUT2D eigenvalue weighted by atomic mass is 16.7. The van der Waals surface area contributed by atoms with Gasteiger partial charge < -0.3 is 39.4 Å². The van der Waals surface area contributed by atoms with Crippen LogP contribution in [0.3, 0.4) is 0 Å². The number of hydrogen-bond acceptors (Lipinski definition) is 10. The maximum absolute atomic E-state index is 12.0. The van der Waals surface area contributed by atoms with Gasteiger partial charge in [-0.1, -0.05) is 32.4 Å². The maximum Gasteiger partial charge on any atom is 0.334 e. The Kier molecular flexibility index (Phi) is 9.41. The molecule has 4 rings (SSSR count). The van der Waals surface area contributed by atoms with E-state index in [1.807, 2.05) is 6.08 Å². The van der Waals surface area contributed by atoms with Crippen LogP contribution in [0.15, 0.2) is 23.8 Å². The Bertz CT molecular complexity index is 1020. The van der Waals surface area contributed by atoms with Crippen molar-refractivity contribution in [3.8, 4) is 0 Å². The van der Waals surface area contributed by atoms with E-state index >= 15 is 0 Å². The molecule has 11 nitrogen and oxygen atoms in total. The normalized spacial score (nSPS) is 39.7. The number of hydrogen-bond donors (Lipinski definition) is 4. The molecule has 40 heavy (non-hydrogen) atoms. The van der Waals surface area contributed by atoms with Crippen molar-refractivity contribution < 1.29 is 53.8 Å². The third kappa shape index (κ3) is 6.28. The average molecular weight is 567 g/mol. The number of esters is 2. The molecule has 3 fully saturated rings. The van der Waals surface area contributed by atoms with E-state index < -0.39 is 55.7 Å². The fraction of sp³-hybridized carbons (Fsp3) is 0.759. The third-order valence-corrected chi connectivity index (χ3v) is 9.60. The summed E-state index contributed by atoms with van der Waals surface area (Å²) in [4.78, 5) is 34.3. The van der Waals surface area contributed by atoms with E-state index in [-0.39, 0.29) is 35.2 Å². The minimum atomic E-state index is -1.61. The van der Waals surface area contributed by atoms with E-state index in [9.17, 15) is 29.7 Å². The number of rotatable bonds is 10. The summed E-state index contributed by atoms with van der Waals surface area (Å²) < 4.78 is 21.8. The van der Waals surface area contributed by atoms with Gasteiger partial charge in [-0.3, -0.25) is 9.59 Å². The van der Waals surface area contributed by atoms with Gasteiger partial charge in [0.2, 0.25) is 0 Å². The van der Waals surface area contributed by atoms with Gasteiger partial charge in [0, 0.05) is 5.57 Å². The summed E-state index contributed by atoms with van der Waals surface area (Å²) in [5.41, 5.74) is 1.61. The molecule has 2 aliphatic heterocycles. The van der Waals surface area contributed by atoms with Crippen molar-refractivity contribution >= 4 is 17.9 Å². The first-order chi connectivity index (χ1) is 18.9. The number of carboxylic acid groups (broad SMARTS) is 1. The van der Waals surface area contributed by atoms with Crippen molar-refractivity contribution in [3.63, 3.8) is 0 Å². The number of carboxylic acids is 1. The zero-order chi connectivity index (χ0) is 29.2. The van der Waals surface area contributed by atoms with Gasteiger partial charge in [-0.15, -0.1) is 0 Å². The molecule has 2 heterocycles. The molecule has 4 N–H and O–H groups in total. The summed E-state index contributed by atoms with van der Waals surface area (Å²) in [5, 5.41) is 40.1. The molecule has 0 amide bonds. The number of aliphatic hydroxyl groups excluding tert-OH is 3. The highest BCUT2D eigenvalue weighted by molar-refractivity contribution is 5.90.